The molecule has 0 radical (unpaired) electrons. The number of hydrogen-bond donors (Lipinski definition) is 0. The van der Waals surface area contributed by atoms with Gasteiger partial charge in [-0.05, 0) is 50.2 Å². The van der Waals surface area contributed by atoms with Gasteiger partial charge < -0.3 is 28.4 Å². The Kier molecular flexibility index (Phi) is 6.36. The van der Waals surface area contributed by atoms with Crippen LogP contribution in [0.3, 0.4) is 0 Å². The molecule has 0 N–H and O–H groups in total. The average Bonchev–Trinajstić information content (AvgIpc) is 3.11. The molecule has 2 aromatic carbocycles. The van der Waals surface area contributed by atoms with Crippen LogP contribution in [0.4, 0.5) is 0 Å². The molecule has 1 unspecified atom stereocenters. The van der Waals surface area contributed by atoms with E-state index in [1.807, 2.05) is 6.92 Å². The number of para-hydroxylation sites is 1. The fraction of sp³-hybridized carbons (Fsp3) is 0.238. The summed E-state index contributed by atoms with van der Waals surface area (Å²) in [6, 6.07) is 11.2. The number of carbonyl (C=O) groups excluding carboxylic acids is 2. The Balaban J connectivity index is 1.53. The highest BCUT2D eigenvalue weighted by Gasteiger charge is 2.28. The molecule has 1 aliphatic heterocycles. The van der Waals surface area contributed by atoms with Gasteiger partial charge in [0.15, 0.2) is 18.1 Å². The van der Waals surface area contributed by atoms with Gasteiger partial charge in [0.05, 0.1) is 6.61 Å². The zero-order valence-electron chi connectivity index (χ0n) is 16.0. The number of benzene rings is 2. The van der Waals surface area contributed by atoms with Crippen LogP contribution in [0, 0.1) is 0 Å². The molecule has 0 aromatic heterocycles. The second-order valence-corrected chi connectivity index (χ2v) is 5.97. The summed E-state index contributed by atoms with van der Waals surface area (Å²) < 4.78 is 32.0. The van der Waals surface area contributed by atoms with Crippen molar-refractivity contribution >= 4 is 11.9 Å². The predicted molar refractivity (Wildman–Crippen MR) is 101 cm³/mol. The van der Waals surface area contributed by atoms with Gasteiger partial charge in [-0.3, -0.25) is 0 Å². The van der Waals surface area contributed by atoms with Gasteiger partial charge in [0, 0.05) is 5.57 Å². The Hall–Kier alpha value is -3.52. The summed E-state index contributed by atoms with van der Waals surface area (Å²) >= 11 is 0. The Morgan fingerprint density at radius 2 is 1.76 bits per heavy atom. The van der Waals surface area contributed by atoms with Crippen molar-refractivity contribution in [3.8, 4) is 28.7 Å². The SMILES string of the molecule is C=C(C)C(=O)Oc1ccc(OCC(=O)Oc2cccc3c2OC(OCC)O3)cc1. The van der Waals surface area contributed by atoms with Gasteiger partial charge in [0.1, 0.15) is 11.5 Å². The lowest BCUT2D eigenvalue weighted by atomic mass is 10.3. The molecule has 1 atom stereocenters. The Morgan fingerprint density at radius 1 is 1.03 bits per heavy atom. The summed E-state index contributed by atoms with van der Waals surface area (Å²) in [6.07, 6.45) is 0. The molecule has 0 spiro atoms. The highest BCUT2D eigenvalue weighted by molar-refractivity contribution is 5.88. The van der Waals surface area contributed by atoms with Gasteiger partial charge in [0.25, 0.3) is 0 Å². The highest BCUT2D eigenvalue weighted by Crippen LogP contribution is 2.42. The Bertz CT molecular complexity index is 903. The van der Waals surface area contributed by atoms with E-state index in [-0.39, 0.29) is 12.4 Å². The van der Waals surface area contributed by atoms with E-state index in [0.29, 0.717) is 35.2 Å². The predicted octanol–water partition coefficient (Wildman–Crippen LogP) is 3.24. The Morgan fingerprint density at radius 3 is 2.45 bits per heavy atom. The van der Waals surface area contributed by atoms with Crippen molar-refractivity contribution < 1.29 is 38.0 Å². The van der Waals surface area contributed by atoms with Gasteiger partial charge in [-0.25, -0.2) is 9.59 Å². The molecule has 3 rings (SSSR count). The van der Waals surface area contributed by atoms with Gasteiger partial charge in [0.2, 0.25) is 5.75 Å². The first-order valence-corrected chi connectivity index (χ1v) is 8.85. The van der Waals surface area contributed by atoms with Crippen molar-refractivity contribution in [1.82, 2.24) is 0 Å². The summed E-state index contributed by atoms with van der Waals surface area (Å²) in [4.78, 5) is 23.6. The fourth-order valence-corrected chi connectivity index (χ4v) is 2.31. The third-order valence-corrected chi connectivity index (χ3v) is 3.65. The van der Waals surface area contributed by atoms with Crippen molar-refractivity contribution in [2.75, 3.05) is 13.2 Å². The van der Waals surface area contributed by atoms with E-state index in [1.54, 1.807) is 49.4 Å². The summed E-state index contributed by atoms with van der Waals surface area (Å²) in [6.45, 7) is 6.09. The fourth-order valence-electron chi connectivity index (χ4n) is 2.31. The van der Waals surface area contributed by atoms with Crippen molar-refractivity contribution in [2.24, 2.45) is 0 Å². The number of hydrogen-bond acceptors (Lipinski definition) is 8. The lowest BCUT2D eigenvalue weighted by Gasteiger charge is -2.10. The molecule has 8 nitrogen and oxygen atoms in total. The minimum absolute atomic E-state index is 0.209. The molecule has 152 valence electrons. The zero-order valence-corrected chi connectivity index (χ0v) is 16.0. The van der Waals surface area contributed by atoms with E-state index in [0.717, 1.165) is 0 Å². The molecule has 0 saturated heterocycles. The summed E-state index contributed by atoms with van der Waals surface area (Å²) in [5, 5.41) is 0. The molecule has 0 saturated carbocycles. The maximum atomic E-state index is 12.1. The first-order chi connectivity index (χ1) is 14.0. The number of ether oxygens (including phenoxy) is 6. The smallest absolute Gasteiger partial charge is 0.361 e. The van der Waals surface area contributed by atoms with Crippen LogP contribution < -0.4 is 23.7 Å². The minimum Gasteiger partial charge on any atom is -0.482 e. The molecule has 2 aromatic rings. The van der Waals surface area contributed by atoms with E-state index < -0.39 is 18.4 Å². The molecule has 29 heavy (non-hydrogen) atoms. The van der Waals surface area contributed by atoms with Crippen LogP contribution in [0.15, 0.2) is 54.6 Å². The van der Waals surface area contributed by atoms with Crippen LogP contribution in [-0.4, -0.2) is 31.6 Å². The molecular formula is C21H20O8. The van der Waals surface area contributed by atoms with Crippen LogP contribution >= 0.6 is 0 Å². The van der Waals surface area contributed by atoms with Gasteiger partial charge in [-0.2, -0.15) is 0 Å². The van der Waals surface area contributed by atoms with Gasteiger partial charge >= 0.3 is 18.4 Å². The normalized spacial score (nSPS) is 14.2. The average molecular weight is 400 g/mol. The zero-order chi connectivity index (χ0) is 20.8. The summed E-state index contributed by atoms with van der Waals surface area (Å²) in [5.74, 6) is 0.535. The Labute approximate surface area is 167 Å². The lowest BCUT2D eigenvalue weighted by Crippen LogP contribution is -2.22. The van der Waals surface area contributed by atoms with Crippen molar-refractivity contribution in [2.45, 2.75) is 20.3 Å². The minimum atomic E-state index is -0.872. The standard InChI is InChI=1S/C21H20O8/c1-4-24-21-28-17-7-5-6-16(19(17)29-21)27-18(22)12-25-14-8-10-15(11-9-14)26-20(23)13(2)3/h5-11,21H,2,4,12H2,1,3H3. The van der Waals surface area contributed by atoms with Crippen LogP contribution in [0.1, 0.15) is 13.8 Å². The molecule has 0 bridgehead atoms. The maximum Gasteiger partial charge on any atom is 0.361 e. The number of esters is 2. The van der Waals surface area contributed by atoms with Crippen molar-refractivity contribution in [3.05, 3.63) is 54.6 Å². The van der Waals surface area contributed by atoms with Gasteiger partial charge in [-0.1, -0.05) is 12.6 Å². The van der Waals surface area contributed by atoms with Crippen LogP contribution in [-0.2, 0) is 14.3 Å². The van der Waals surface area contributed by atoms with Crippen molar-refractivity contribution in [1.29, 1.82) is 0 Å². The monoisotopic (exact) mass is 400 g/mol. The number of fused-ring (bicyclic) bond motifs is 1. The molecule has 1 aliphatic rings. The third kappa shape index (κ3) is 5.26. The molecular weight excluding hydrogens is 380 g/mol. The highest BCUT2D eigenvalue weighted by atomic mass is 16.9. The first kappa shape index (κ1) is 20.2. The summed E-state index contributed by atoms with van der Waals surface area (Å²) in [7, 11) is 0. The van der Waals surface area contributed by atoms with E-state index in [2.05, 4.69) is 6.58 Å². The third-order valence-electron chi connectivity index (χ3n) is 3.65. The topological polar surface area (TPSA) is 89.5 Å². The lowest BCUT2D eigenvalue weighted by molar-refractivity contribution is -0.174. The van der Waals surface area contributed by atoms with Crippen molar-refractivity contribution in [3.63, 3.8) is 0 Å². The maximum absolute atomic E-state index is 12.1. The molecule has 0 amide bonds. The molecule has 1 heterocycles. The van der Waals surface area contributed by atoms with E-state index in [9.17, 15) is 9.59 Å². The molecule has 8 heteroatoms. The van der Waals surface area contributed by atoms with E-state index >= 15 is 0 Å². The van der Waals surface area contributed by atoms with E-state index in [4.69, 9.17) is 28.4 Å². The van der Waals surface area contributed by atoms with Crippen LogP contribution in [0.25, 0.3) is 0 Å². The second-order valence-electron chi connectivity index (χ2n) is 5.97. The molecule has 0 fully saturated rings. The summed E-state index contributed by atoms with van der Waals surface area (Å²) in [5.41, 5.74) is 0.294. The van der Waals surface area contributed by atoms with E-state index in [1.165, 1.54) is 0 Å². The quantitative estimate of drug-likeness (QED) is 0.379. The number of rotatable bonds is 8. The largest absolute Gasteiger partial charge is 0.482 e. The molecule has 0 aliphatic carbocycles. The van der Waals surface area contributed by atoms with Gasteiger partial charge in [-0.15, -0.1) is 0 Å². The van der Waals surface area contributed by atoms with Crippen LogP contribution in [0.2, 0.25) is 0 Å². The first-order valence-electron chi connectivity index (χ1n) is 8.85. The number of carbonyl (C=O) groups is 2. The second kappa shape index (κ2) is 9.11. The van der Waals surface area contributed by atoms with Crippen LogP contribution in [0.5, 0.6) is 28.7 Å².